The van der Waals surface area contributed by atoms with E-state index in [4.69, 9.17) is 5.73 Å². The molecular formula is C9H15N3S. The Hall–Kier alpha value is -0.450. The molecule has 0 saturated carbocycles. The van der Waals surface area contributed by atoms with Gasteiger partial charge >= 0.3 is 0 Å². The van der Waals surface area contributed by atoms with E-state index < -0.39 is 0 Å². The van der Waals surface area contributed by atoms with Crippen LogP contribution < -0.4 is 5.73 Å². The van der Waals surface area contributed by atoms with Crippen molar-refractivity contribution in [3.8, 4) is 0 Å². The average molecular weight is 197 g/mol. The number of nitrogens with two attached hydrogens (primary N) is 1. The lowest BCUT2D eigenvalue weighted by atomic mass is 10.3. The molecule has 2 rings (SSSR count). The molecule has 72 valence electrons. The molecule has 1 aliphatic heterocycles. The van der Waals surface area contributed by atoms with E-state index in [1.165, 1.54) is 30.9 Å². The highest BCUT2D eigenvalue weighted by atomic mass is 32.1. The van der Waals surface area contributed by atoms with Crippen molar-refractivity contribution in [1.29, 1.82) is 0 Å². The second-order valence-corrected chi connectivity index (χ2v) is 4.29. The predicted octanol–water partition coefficient (Wildman–Crippen LogP) is 1.24. The molecule has 0 bridgehead atoms. The van der Waals surface area contributed by atoms with E-state index in [1.807, 2.05) is 11.6 Å². The van der Waals surface area contributed by atoms with Gasteiger partial charge in [-0.3, -0.25) is 4.90 Å². The van der Waals surface area contributed by atoms with Crippen LogP contribution in [-0.4, -0.2) is 29.5 Å². The van der Waals surface area contributed by atoms with E-state index in [1.54, 1.807) is 11.3 Å². The van der Waals surface area contributed by atoms with Crippen LogP contribution in [0.5, 0.6) is 0 Å². The van der Waals surface area contributed by atoms with Crippen molar-refractivity contribution in [3.05, 3.63) is 16.6 Å². The zero-order valence-corrected chi connectivity index (χ0v) is 8.46. The highest BCUT2D eigenvalue weighted by Crippen LogP contribution is 2.25. The fourth-order valence-electron chi connectivity index (χ4n) is 1.86. The summed E-state index contributed by atoms with van der Waals surface area (Å²) in [7, 11) is 0. The summed E-state index contributed by atoms with van der Waals surface area (Å²) in [5.74, 6) is 0. The topological polar surface area (TPSA) is 42.1 Å². The summed E-state index contributed by atoms with van der Waals surface area (Å²) < 4.78 is 0. The lowest BCUT2D eigenvalue weighted by Crippen LogP contribution is -2.31. The minimum absolute atomic E-state index is 0.363. The monoisotopic (exact) mass is 197 g/mol. The molecule has 0 spiro atoms. The summed E-state index contributed by atoms with van der Waals surface area (Å²) in [4.78, 5) is 6.77. The standard InChI is InChI=1S/C9H15N3S/c10-7-8(9-11-3-6-13-9)12-4-1-2-5-12/h3,6,8H,1-2,4-5,7,10H2. The van der Waals surface area contributed by atoms with Crippen LogP contribution in [0.2, 0.25) is 0 Å². The average Bonchev–Trinajstić information content (AvgIpc) is 2.76. The van der Waals surface area contributed by atoms with Gasteiger partial charge in [0.15, 0.2) is 0 Å². The smallest absolute Gasteiger partial charge is 0.111 e. The van der Waals surface area contributed by atoms with Gasteiger partial charge in [0.1, 0.15) is 5.01 Å². The Bertz CT molecular complexity index is 241. The van der Waals surface area contributed by atoms with Crippen molar-refractivity contribution in [1.82, 2.24) is 9.88 Å². The number of rotatable bonds is 3. The number of likely N-dealkylation sites (tertiary alicyclic amines) is 1. The second-order valence-electron chi connectivity index (χ2n) is 3.36. The summed E-state index contributed by atoms with van der Waals surface area (Å²) in [5, 5.41) is 3.19. The number of hydrogen-bond donors (Lipinski definition) is 1. The minimum Gasteiger partial charge on any atom is -0.329 e. The molecular weight excluding hydrogens is 182 g/mol. The highest BCUT2D eigenvalue weighted by molar-refractivity contribution is 7.09. The van der Waals surface area contributed by atoms with Gasteiger partial charge in [0, 0.05) is 18.1 Å². The van der Waals surface area contributed by atoms with Gasteiger partial charge in [-0.15, -0.1) is 11.3 Å². The third-order valence-corrected chi connectivity index (χ3v) is 3.42. The van der Waals surface area contributed by atoms with Gasteiger partial charge < -0.3 is 5.73 Å². The summed E-state index contributed by atoms with van der Waals surface area (Å²) in [6, 6.07) is 0.363. The van der Waals surface area contributed by atoms with Gasteiger partial charge in [-0.2, -0.15) is 0 Å². The molecule has 1 aromatic heterocycles. The normalized spacial score (nSPS) is 20.7. The Labute approximate surface area is 82.6 Å². The van der Waals surface area contributed by atoms with E-state index in [0.29, 0.717) is 12.6 Å². The fraction of sp³-hybridized carbons (Fsp3) is 0.667. The largest absolute Gasteiger partial charge is 0.329 e. The third kappa shape index (κ3) is 1.90. The van der Waals surface area contributed by atoms with Gasteiger partial charge in [0.25, 0.3) is 0 Å². The van der Waals surface area contributed by atoms with Crippen LogP contribution in [-0.2, 0) is 0 Å². The lowest BCUT2D eigenvalue weighted by Gasteiger charge is -2.23. The molecule has 1 unspecified atom stereocenters. The van der Waals surface area contributed by atoms with Crippen molar-refractivity contribution in [2.75, 3.05) is 19.6 Å². The number of hydrogen-bond acceptors (Lipinski definition) is 4. The maximum atomic E-state index is 5.77. The van der Waals surface area contributed by atoms with Crippen molar-refractivity contribution >= 4 is 11.3 Å². The van der Waals surface area contributed by atoms with Crippen LogP contribution in [0, 0.1) is 0 Å². The van der Waals surface area contributed by atoms with Crippen LogP contribution in [0.25, 0.3) is 0 Å². The van der Waals surface area contributed by atoms with Gasteiger partial charge in [0.2, 0.25) is 0 Å². The number of thiazole rings is 1. The Morgan fingerprint density at radius 2 is 2.31 bits per heavy atom. The Balaban J connectivity index is 2.08. The zero-order chi connectivity index (χ0) is 9.10. The molecule has 0 amide bonds. The first-order valence-corrected chi connectivity index (χ1v) is 5.63. The van der Waals surface area contributed by atoms with E-state index >= 15 is 0 Å². The second kappa shape index (κ2) is 4.17. The Morgan fingerprint density at radius 3 is 2.85 bits per heavy atom. The van der Waals surface area contributed by atoms with Gasteiger partial charge in [-0.1, -0.05) is 0 Å². The first-order chi connectivity index (χ1) is 6.42. The van der Waals surface area contributed by atoms with E-state index in [0.717, 1.165) is 0 Å². The van der Waals surface area contributed by atoms with Crippen molar-refractivity contribution in [2.24, 2.45) is 5.73 Å². The van der Waals surface area contributed by atoms with Gasteiger partial charge in [-0.05, 0) is 25.9 Å². The third-order valence-electron chi connectivity index (χ3n) is 2.54. The van der Waals surface area contributed by atoms with Crippen molar-refractivity contribution in [2.45, 2.75) is 18.9 Å². The highest BCUT2D eigenvalue weighted by Gasteiger charge is 2.23. The zero-order valence-electron chi connectivity index (χ0n) is 7.65. The van der Waals surface area contributed by atoms with Crippen LogP contribution in [0.4, 0.5) is 0 Å². The van der Waals surface area contributed by atoms with Gasteiger partial charge in [-0.25, -0.2) is 4.98 Å². The molecule has 3 nitrogen and oxygen atoms in total. The summed E-state index contributed by atoms with van der Waals surface area (Å²) in [6.07, 6.45) is 4.47. The molecule has 4 heteroatoms. The number of aromatic nitrogens is 1. The van der Waals surface area contributed by atoms with Crippen LogP contribution in [0.15, 0.2) is 11.6 Å². The Morgan fingerprint density at radius 1 is 1.54 bits per heavy atom. The van der Waals surface area contributed by atoms with E-state index in [2.05, 4.69) is 9.88 Å². The summed E-state index contributed by atoms with van der Waals surface area (Å²) in [5.41, 5.74) is 5.77. The molecule has 1 aromatic rings. The fourth-order valence-corrected chi connectivity index (χ4v) is 2.64. The summed E-state index contributed by atoms with van der Waals surface area (Å²) >= 11 is 1.71. The van der Waals surface area contributed by atoms with Gasteiger partial charge in [0.05, 0.1) is 6.04 Å². The molecule has 0 aromatic carbocycles. The Kier molecular flexibility index (Phi) is 2.93. The minimum atomic E-state index is 0.363. The molecule has 1 aliphatic rings. The van der Waals surface area contributed by atoms with E-state index in [9.17, 15) is 0 Å². The first-order valence-electron chi connectivity index (χ1n) is 4.75. The van der Waals surface area contributed by atoms with Crippen molar-refractivity contribution in [3.63, 3.8) is 0 Å². The molecule has 1 saturated heterocycles. The molecule has 2 N–H and O–H groups in total. The molecule has 1 atom stereocenters. The maximum Gasteiger partial charge on any atom is 0.111 e. The van der Waals surface area contributed by atoms with Crippen molar-refractivity contribution < 1.29 is 0 Å². The van der Waals surface area contributed by atoms with Crippen LogP contribution in [0.3, 0.4) is 0 Å². The molecule has 0 radical (unpaired) electrons. The van der Waals surface area contributed by atoms with Crippen LogP contribution in [0.1, 0.15) is 23.9 Å². The van der Waals surface area contributed by atoms with E-state index in [-0.39, 0.29) is 0 Å². The molecule has 2 heterocycles. The SMILES string of the molecule is NCC(c1nccs1)N1CCCC1. The quantitative estimate of drug-likeness (QED) is 0.792. The lowest BCUT2D eigenvalue weighted by molar-refractivity contribution is 0.251. The maximum absolute atomic E-state index is 5.77. The first kappa shape index (κ1) is 9.12. The molecule has 13 heavy (non-hydrogen) atoms. The van der Waals surface area contributed by atoms with Crippen LogP contribution >= 0.6 is 11.3 Å². The number of nitrogens with zero attached hydrogens (tertiary/aromatic N) is 2. The molecule has 1 fully saturated rings. The summed E-state index contributed by atoms with van der Waals surface area (Å²) in [6.45, 7) is 3.05. The molecule has 0 aliphatic carbocycles. The predicted molar refractivity (Wildman–Crippen MR) is 54.7 cm³/mol.